The zero-order valence-corrected chi connectivity index (χ0v) is 20.5. The normalized spacial score (nSPS) is 11.9. The maximum absolute atomic E-state index is 13.0. The fourth-order valence-corrected chi connectivity index (χ4v) is 3.47. The molecule has 9 heteroatoms. The van der Waals surface area contributed by atoms with Crippen molar-refractivity contribution < 1.29 is 18.6 Å². The Labute approximate surface area is 209 Å². The molecule has 35 heavy (non-hydrogen) atoms. The van der Waals surface area contributed by atoms with Gasteiger partial charge in [-0.25, -0.2) is 14.4 Å². The summed E-state index contributed by atoms with van der Waals surface area (Å²) in [5.41, 5.74) is 2.48. The third kappa shape index (κ3) is 8.20. The molecule has 0 saturated carbocycles. The molecule has 7 nitrogen and oxygen atoms in total. The van der Waals surface area contributed by atoms with Crippen LogP contribution < -0.4 is 10.1 Å². The Hall–Kier alpha value is -3.20. The van der Waals surface area contributed by atoms with Crippen molar-refractivity contribution in [1.29, 1.82) is 0 Å². The third-order valence-electron chi connectivity index (χ3n) is 4.93. The Morgan fingerprint density at radius 3 is 2.83 bits per heavy atom. The largest absolute Gasteiger partial charge is 0.492 e. The van der Waals surface area contributed by atoms with E-state index >= 15 is 0 Å². The van der Waals surface area contributed by atoms with Gasteiger partial charge in [0.25, 0.3) is 0 Å². The van der Waals surface area contributed by atoms with Crippen LogP contribution in [0, 0.1) is 0 Å². The summed E-state index contributed by atoms with van der Waals surface area (Å²) in [5, 5.41) is 3.80. The van der Waals surface area contributed by atoms with Gasteiger partial charge in [-0.15, -0.1) is 0 Å². The monoisotopic (exact) mass is 500 g/mol. The Morgan fingerprint density at radius 2 is 2.03 bits per heavy atom. The minimum Gasteiger partial charge on any atom is -0.492 e. The molecule has 0 unspecified atom stereocenters. The van der Waals surface area contributed by atoms with Gasteiger partial charge in [0.2, 0.25) is 0 Å². The molecule has 186 valence electrons. The van der Waals surface area contributed by atoms with Crippen LogP contribution in [-0.4, -0.2) is 47.6 Å². The van der Waals surface area contributed by atoms with Crippen LogP contribution in [-0.2, 0) is 16.0 Å². The molecule has 0 radical (unpaired) electrons. The van der Waals surface area contributed by atoms with Crippen LogP contribution in [0.5, 0.6) is 5.75 Å². The first-order valence-corrected chi connectivity index (χ1v) is 11.8. The summed E-state index contributed by atoms with van der Waals surface area (Å²) in [4.78, 5) is 8.79. The molecule has 0 aliphatic rings. The van der Waals surface area contributed by atoms with Crippen LogP contribution in [0.15, 0.2) is 73.5 Å². The van der Waals surface area contributed by atoms with Gasteiger partial charge in [0.15, 0.2) is 5.82 Å². The first-order chi connectivity index (χ1) is 17.1. The maximum Gasteiger partial charge on any atom is 0.158 e. The standard InChI is InChI=1S/C26H30ClFN4O3/c1-3-20(28)8-6-5-7-14-35-24-10-9-21(18-22(24)27)31-26-25-23(29-19-30-26)11-12-32(25)13-15-34-17-16-33-4-2/h3,5-6,8-12,18-19H,1,4,7,13-17H2,2H3,(H,29,30,31)/b6-5-,20-8+. The predicted molar refractivity (Wildman–Crippen MR) is 138 cm³/mol. The Balaban J connectivity index is 1.60. The smallest absolute Gasteiger partial charge is 0.158 e. The number of allylic oxidation sites excluding steroid dienone is 4. The second-order valence-electron chi connectivity index (χ2n) is 7.37. The first-order valence-electron chi connectivity index (χ1n) is 11.4. The number of aromatic nitrogens is 3. The fraction of sp³-hybridized carbons (Fsp3) is 0.308. The predicted octanol–water partition coefficient (Wildman–Crippen LogP) is 6.25. The lowest BCUT2D eigenvalue weighted by Crippen LogP contribution is -2.10. The third-order valence-corrected chi connectivity index (χ3v) is 5.22. The molecule has 0 fully saturated rings. The van der Waals surface area contributed by atoms with Crippen molar-refractivity contribution in [3.05, 3.63) is 78.5 Å². The van der Waals surface area contributed by atoms with Crippen LogP contribution >= 0.6 is 11.6 Å². The molecule has 0 amide bonds. The zero-order chi connectivity index (χ0) is 24.9. The Morgan fingerprint density at radius 1 is 1.17 bits per heavy atom. The minimum atomic E-state index is -0.382. The summed E-state index contributed by atoms with van der Waals surface area (Å²) < 4.78 is 31.7. The van der Waals surface area contributed by atoms with Crippen LogP contribution in [0.4, 0.5) is 15.9 Å². The molecule has 2 aromatic heterocycles. The highest BCUT2D eigenvalue weighted by molar-refractivity contribution is 6.32. The molecule has 0 atom stereocenters. The van der Waals surface area contributed by atoms with Crippen molar-refractivity contribution in [2.75, 3.05) is 38.4 Å². The molecule has 0 spiro atoms. The van der Waals surface area contributed by atoms with Gasteiger partial charge in [-0.2, -0.15) is 0 Å². The Bertz CT molecular complexity index is 1160. The number of ether oxygens (including phenoxy) is 3. The highest BCUT2D eigenvalue weighted by Gasteiger charge is 2.11. The van der Waals surface area contributed by atoms with Crippen molar-refractivity contribution in [3.8, 4) is 5.75 Å². The van der Waals surface area contributed by atoms with E-state index in [1.54, 1.807) is 18.2 Å². The van der Waals surface area contributed by atoms with Gasteiger partial charge in [0, 0.05) is 25.0 Å². The lowest BCUT2D eigenvalue weighted by Gasteiger charge is -2.12. The number of fused-ring (bicyclic) bond motifs is 1. The summed E-state index contributed by atoms with van der Waals surface area (Å²) in [6, 6.07) is 7.40. The quantitative estimate of drug-likeness (QED) is 0.196. The first kappa shape index (κ1) is 26.4. The Kier molecular flexibility index (Phi) is 10.8. The van der Waals surface area contributed by atoms with E-state index in [1.165, 1.54) is 12.4 Å². The van der Waals surface area contributed by atoms with E-state index in [0.29, 0.717) is 62.6 Å². The van der Waals surface area contributed by atoms with Crippen LogP contribution in [0.2, 0.25) is 5.02 Å². The van der Waals surface area contributed by atoms with Crippen molar-refractivity contribution in [2.45, 2.75) is 19.9 Å². The summed E-state index contributed by atoms with van der Waals surface area (Å²) >= 11 is 6.43. The number of nitrogens with one attached hydrogen (secondary N) is 1. The molecular formula is C26H30ClFN4O3. The molecule has 1 aromatic carbocycles. The molecular weight excluding hydrogens is 471 g/mol. The topological polar surface area (TPSA) is 70.4 Å². The summed E-state index contributed by atoms with van der Waals surface area (Å²) in [6.07, 6.45) is 10.0. The van der Waals surface area contributed by atoms with Crippen LogP contribution in [0.1, 0.15) is 13.3 Å². The second-order valence-corrected chi connectivity index (χ2v) is 7.77. The van der Waals surface area contributed by atoms with E-state index in [-0.39, 0.29) is 5.83 Å². The molecule has 1 N–H and O–H groups in total. The number of hydrogen-bond acceptors (Lipinski definition) is 6. The number of benzene rings is 1. The SMILES string of the molecule is C=C/C(F)=C\C=C/CCOc1ccc(Nc2ncnc3ccn(CCOCCOCC)c23)cc1Cl. The lowest BCUT2D eigenvalue weighted by molar-refractivity contribution is 0.0500. The molecule has 0 aliphatic carbocycles. The average molecular weight is 501 g/mol. The van der Waals surface area contributed by atoms with Crippen molar-refractivity contribution in [1.82, 2.24) is 14.5 Å². The number of hydrogen-bond donors (Lipinski definition) is 1. The van der Waals surface area contributed by atoms with Gasteiger partial charge < -0.3 is 24.1 Å². The number of halogens is 2. The lowest BCUT2D eigenvalue weighted by atomic mass is 10.3. The molecule has 3 aromatic rings. The maximum atomic E-state index is 13.0. The summed E-state index contributed by atoms with van der Waals surface area (Å²) in [5.74, 6) is 0.857. The van der Waals surface area contributed by atoms with E-state index in [4.69, 9.17) is 25.8 Å². The highest BCUT2D eigenvalue weighted by atomic mass is 35.5. The van der Waals surface area contributed by atoms with Crippen molar-refractivity contribution in [3.63, 3.8) is 0 Å². The summed E-state index contributed by atoms with van der Waals surface area (Å²) in [6.45, 7) is 8.78. The van der Waals surface area contributed by atoms with E-state index < -0.39 is 0 Å². The number of rotatable bonds is 15. The number of anilines is 2. The highest BCUT2D eigenvalue weighted by Crippen LogP contribution is 2.30. The van der Waals surface area contributed by atoms with E-state index in [1.807, 2.05) is 31.3 Å². The zero-order valence-electron chi connectivity index (χ0n) is 19.8. The molecule has 3 rings (SSSR count). The molecule has 0 bridgehead atoms. The van der Waals surface area contributed by atoms with Crippen LogP contribution in [0.25, 0.3) is 11.0 Å². The van der Waals surface area contributed by atoms with E-state index in [2.05, 4.69) is 26.4 Å². The second kappa shape index (κ2) is 14.3. The van der Waals surface area contributed by atoms with Crippen molar-refractivity contribution in [2.24, 2.45) is 0 Å². The van der Waals surface area contributed by atoms with E-state index in [9.17, 15) is 4.39 Å². The summed E-state index contributed by atoms with van der Waals surface area (Å²) in [7, 11) is 0. The number of nitrogens with zero attached hydrogens (tertiary/aromatic N) is 3. The van der Waals surface area contributed by atoms with Gasteiger partial charge in [-0.05, 0) is 49.8 Å². The minimum absolute atomic E-state index is 0.382. The van der Waals surface area contributed by atoms with Gasteiger partial charge >= 0.3 is 0 Å². The van der Waals surface area contributed by atoms with Gasteiger partial charge in [-0.1, -0.05) is 30.3 Å². The van der Waals surface area contributed by atoms with E-state index in [0.717, 1.165) is 22.8 Å². The van der Waals surface area contributed by atoms with Crippen LogP contribution in [0.3, 0.4) is 0 Å². The van der Waals surface area contributed by atoms with Gasteiger partial charge in [0.05, 0.1) is 37.0 Å². The van der Waals surface area contributed by atoms with Gasteiger partial charge in [-0.3, -0.25) is 0 Å². The molecule has 0 saturated heterocycles. The van der Waals surface area contributed by atoms with Gasteiger partial charge in [0.1, 0.15) is 23.4 Å². The molecule has 2 heterocycles. The fourth-order valence-electron chi connectivity index (χ4n) is 3.23. The molecule has 0 aliphatic heterocycles. The average Bonchev–Trinajstić information content (AvgIpc) is 3.28. The van der Waals surface area contributed by atoms with Crippen molar-refractivity contribution >= 4 is 34.1 Å².